The van der Waals surface area contributed by atoms with Crippen molar-refractivity contribution < 1.29 is 4.74 Å². The molecular weight excluding hydrogens is 252 g/mol. The summed E-state index contributed by atoms with van der Waals surface area (Å²) in [5.74, 6) is 0.573. The third-order valence-electron chi connectivity index (χ3n) is 3.84. The molecule has 3 rings (SSSR count). The summed E-state index contributed by atoms with van der Waals surface area (Å²) in [4.78, 5) is 2.14. The predicted molar refractivity (Wildman–Crippen MR) is 80.3 cm³/mol. The highest BCUT2D eigenvalue weighted by atomic mass is 16.5. The van der Waals surface area contributed by atoms with E-state index in [-0.39, 0.29) is 0 Å². The molecule has 1 aliphatic carbocycles. The SMILES string of the molecule is CN(C)CCCOc1nn2c3c(ccc2c1N)CCC3. The second kappa shape index (κ2) is 5.32. The molecule has 2 N–H and O–H groups in total. The standard InChI is InChI=1S/C15H22N4O/c1-18(2)9-4-10-20-15-14(16)13-8-7-11-5-3-6-12(11)19(13)17-15/h7-8H,3-6,9-10,16H2,1-2H3. The van der Waals surface area contributed by atoms with Crippen LogP contribution >= 0.6 is 0 Å². The average molecular weight is 274 g/mol. The minimum atomic E-state index is 0.573. The largest absolute Gasteiger partial charge is 0.475 e. The monoisotopic (exact) mass is 274 g/mol. The first-order valence-corrected chi connectivity index (χ1v) is 7.23. The maximum Gasteiger partial charge on any atom is 0.257 e. The summed E-state index contributed by atoms with van der Waals surface area (Å²) in [6.45, 7) is 1.65. The summed E-state index contributed by atoms with van der Waals surface area (Å²) in [5.41, 5.74) is 10.5. The van der Waals surface area contributed by atoms with Crippen LogP contribution in [0.5, 0.6) is 5.88 Å². The number of nitrogens with two attached hydrogens (primary N) is 1. The fraction of sp³-hybridized carbons (Fsp3) is 0.533. The third-order valence-corrected chi connectivity index (χ3v) is 3.84. The number of aromatic nitrogens is 2. The molecule has 0 saturated heterocycles. The van der Waals surface area contributed by atoms with Gasteiger partial charge in [0, 0.05) is 12.2 Å². The summed E-state index contributed by atoms with van der Waals surface area (Å²) >= 11 is 0. The zero-order chi connectivity index (χ0) is 14.1. The second-order valence-electron chi connectivity index (χ2n) is 5.68. The number of pyridine rings is 1. The number of rotatable bonds is 5. The number of nitrogens with zero attached hydrogens (tertiary/aromatic N) is 3. The van der Waals surface area contributed by atoms with Crippen LogP contribution < -0.4 is 10.5 Å². The quantitative estimate of drug-likeness (QED) is 0.844. The zero-order valence-electron chi connectivity index (χ0n) is 12.2. The van der Waals surface area contributed by atoms with E-state index in [9.17, 15) is 0 Å². The number of ether oxygens (including phenoxy) is 1. The number of anilines is 1. The van der Waals surface area contributed by atoms with Crippen molar-refractivity contribution in [3.63, 3.8) is 0 Å². The van der Waals surface area contributed by atoms with E-state index in [1.807, 2.05) is 4.52 Å². The summed E-state index contributed by atoms with van der Waals surface area (Å²) in [6, 6.07) is 4.23. The Hall–Kier alpha value is -1.75. The van der Waals surface area contributed by atoms with Crippen LogP contribution in [-0.4, -0.2) is 41.8 Å². The fourth-order valence-corrected chi connectivity index (χ4v) is 2.80. The van der Waals surface area contributed by atoms with Gasteiger partial charge in [0.05, 0.1) is 12.1 Å². The normalized spacial score (nSPS) is 14.2. The predicted octanol–water partition coefficient (Wildman–Crippen LogP) is 1.74. The first kappa shape index (κ1) is 13.2. The molecule has 5 heteroatoms. The van der Waals surface area contributed by atoms with E-state index in [0.717, 1.165) is 31.3 Å². The van der Waals surface area contributed by atoms with Gasteiger partial charge in [-0.05, 0) is 51.4 Å². The van der Waals surface area contributed by atoms with Gasteiger partial charge in [-0.15, -0.1) is 5.10 Å². The molecule has 5 nitrogen and oxygen atoms in total. The van der Waals surface area contributed by atoms with E-state index >= 15 is 0 Å². The van der Waals surface area contributed by atoms with Crippen LogP contribution in [0.2, 0.25) is 0 Å². The van der Waals surface area contributed by atoms with E-state index in [1.165, 1.54) is 17.7 Å². The Kier molecular flexibility index (Phi) is 3.53. The second-order valence-corrected chi connectivity index (χ2v) is 5.68. The van der Waals surface area contributed by atoms with Crippen LogP contribution in [0, 0.1) is 0 Å². The van der Waals surface area contributed by atoms with Gasteiger partial charge >= 0.3 is 0 Å². The number of fused-ring (bicyclic) bond motifs is 3. The lowest BCUT2D eigenvalue weighted by atomic mass is 10.2. The van der Waals surface area contributed by atoms with E-state index in [4.69, 9.17) is 10.5 Å². The summed E-state index contributed by atoms with van der Waals surface area (Å²) < 4.78 is 7.72. The summed E-state index contributed by atoms with van der Waals surface area (Å²) in [6.07, 6.45) is 4.39. The molecule has 0 amide bonds. The van der Waals surface area contributed by atoms with Gasteiger partial charge in [0.1, 0.15) is 5.69 Å². The summed E-state index contributed by atoms with van der Waals surface area (Å²) in [5, 5.41) is 4.56. The Balaban J connectivity index is 1.80. The van der Waals surface area contributed by atoms with Gasteiger partial charge in [-0.2, -0.15) is 0 Å². The molecule has 1 aliphatic rings. The molecule has 108 valence electrons. The minimum Gasteiger partial charge on any atom is -0.475 e. The van der Waals surface area contributed by atoms with Crippen LogP contribution in [0.4, 0.5) is 5.69 Å². The van der Waals surface area contributed by atoms with Crippen molar-refractivity contribution in [3.05, 3.63) is 23.4 Å². The molecule has 0 radical (unpaired) electrons. The third kappa shape index (κ3) is 2.33. The maximum atomic E-state index is 6.16. The maximum absolute atomic E-state index is 6.16. The lowest BCUT2D eigenvalue weighted by Gasteiger charge is -2.09. The van der Waals surface area contributed by atoms with Crippen LogP contribution in [0.15, 0.2) is 12.1 Å². The molecular formula is C15H22N4O. The molecule has 2 aromatic heterocycles. The fourth-order valence-electron chi connectivity index (χ4n) is 2.80. The van der Waals surface area contributed by atoms with E-state index in [1.54, 1.807) is 0 Å². The Morgan fingerprint density at radius 1 is 1.35 bits per heavy atom. The number of nitrogen functional groups attached to an aromatic ring is 1. The lowest BCUT2D eigenvalue weighted by Crippen LogP contribution is -2.15. The first-order chi connectivity index (χ1) is 9.66. The Morgan fingerprint density at radius 3 is 3.00 bits per heavy atom. The Morgan fingerprint density at radius 2 is 2.20 bits per heavy atom. The van der Waals surface area contributed by atoms with Gasteiger partial charge < -0.3 is 15.4 Å². The van der Waals surface area contributed by atoms with Gasteiger partial charge in [-0.3, -0.25) is 0 Å². The van der Waals surface area contributed by atoms with E-state index in [2.05, 4.69) is 36.2 Å². The van der Waals surface area contributed by atoms with Crippen LogP contribution in [0.3, 0.4) is 0 Å². The molecule has 0 aliphatic heterocycles. The highest BCUT2D eigenvalue weighted by molar-refractivity contribution is 5.75. The number of aryl methyl sites for hydroxylation is 2. The van der Waals surface area contributed by atoms with Crippen molar-refractivity contribution in [2.45, 2.75) is 25.7 Å². The highest BCUT2D eigenvalue weighted by Crippen LogP contribution is 2.30. The molecule has 2 aromatic rings. The van der Waals surface area contributed by atoms with Gasteiger partial charge in [0.15, 0.2) is 0 Å². The molecule has 0 fully saturated rings. The van der Waals surface area contributed by atoms with Crippen molar-refractivity contribution in [2.24, 2.45) is 0 Å². The number of hydrogen-bond donors (Lipinski definition) is 1. The van der Waals surface area contributed by atoms with Gasteiger partial charge in [0.25, 0.3) is 5.88 Å². The minimum absolute atomic E-state index is 0.573. The molecule has 0 bridgehead atoms. The smallest absolute Gasteiger partial charge is 0.257 e. The topological polar surface area (TPSA) is 55.8 Å². The van der Waals surface area contributed by atoms with Gasteiger partial charge in [0.2, 0.25) is 0 Å². The summed E-state index contributed by atoms with van der Waals surface area (Å²) in [7, 11) is 4.12. The molecule has 2 heterocycles. The number of hydrogen-bond acceptors (Lipinski definition) is 4. The molecule has 0 unspecified atom stereocenters. The van der Waals surface area contributed by atoms with Crippen molar-refractivity contribution >= 4 is 11.2 Å². The zero-order valence-corrected chi connectivity index (χ0v) is 12.2. The lowest BCUT2D eigenvalue weighted by molar-refractivity contribution is 0.273. The van der Waals surface area contributed by atoms with E-state index < -0.39 is 0 Å². The molecule has 0 atom stereocenters. The average Bonchev–Trinajstić information content (AvgIpc) is 3.00. The molecule has 0 aromatic carbocycles. The van der Waals surface area contributed by atoms with Gasteiger partial charge in [-0.25, -0.2) is 4.52 Å². The van der Waals surface area contributed by atoms with Crippen molar-refractivity contribution in [1.82, 2.24) is 14.5 Å². The van der Waals surface area contributed by atoms with Crippen LogP contribution in [-0.2, 0) is 12.8 Å². The molecule has 0 saturated carbocycles. The van der Waals surface area contributed by atoms with Crippen molar-refractivity contribution in [3.8, 4) is 5.88 Å². The highest BCUT2D eigenvalue weighted by Gasteiger charge is 2.19. The van der Waals surface area contributed by atoms with Gasteiger partial charge in [-0.1, -0.05) is 6.07 Å². The van der Waals surface area contributed by atoms with E-state index in [0.29, 0.717) is 18.2 Å². The Bertz CT molecular complexity index is 618. The van der Waals surface area contributed by atoms with Crippen LogP contribution in [0.1, 0.15) is 24.1 Å². The molecule has 0 spiro atoms. The van der Waals surface area contributed by atoms with Crippen molar-refractivity contribution in [1.29, 1.82) is 0 Å². The molecule has 20 heavy (non-hydrogen) atoms. The Labute approximate surface area is 119 Å². The van der Waals surface area contributed by atoms with Crippen molar-refractivity contribution in [2.75, 3.05) is 33.0 Å². The van der Waals surface area contributed by atoms with Crippen LogP contribution in [0.25, 0.3) is 5.52 Å². The first-order valence-electron chi connectivity index (χ1n) is 7.23.